The van der Waals surface area contributed by atoms with Crippen LogP contribution in [-0.2, 0) is 5.41 Å². The standard InChI is InChI=1S/C31H21Cl/c32-30-18-10-8-15-25(30)22-19-20-27-26-16-7-9-17-28(26)31(29(27)21-22,23-11-3-1-4-12-23)24-13-5-2-6-14-24/h1-8,10-21,28H. The summed E-state index contributed by atoms with van der Waals surface area (Å²) in [5.41, 5.74) is 11.8. The molecule has 32 heavy (non-hydrogen) atoms. The summed E-state index contributed by atoms with van der Waals surface area (Å²) in [5.74, 6) is 0.175. The Balaban J connectivity index is 1.72. The number of halogens is 1. The predicted octanol–water partition coefficient (Wildman–Crippen LogP) is 8.08. The second-order valence-electron chi connectivity index (χ2n) is 8.38. The van der Waals surface area contributed by atoms with E-state index >= 15 is 0 Å². The largest absolute Gasteiger partial charge is 0.124 e. The summed E-state index contributed by atoms with van der Waals surface area (Å²) in [6.07, 6.45) is 6.50. The van der Waals surface area contributed by atoms with E-state index in [1.54, 1.807) is 0 Å². The highest BCUT2D eigenvalue weighted by molar-refractivity contribution is 6.33. The van der Waals surface area contributed by atoms with E-state index in [1.165, 1.54) is 27.8 Å². The van der Waals surface area contributed by atoms with Gasteiger partial charge in [0.05, 0.1) is 5.41 Å². The lowest BCUT2D eigenvalue weighted by Gasteiger charge is -2.37. The van der Waals surface area contributed by atoms with Gasteiger partial charge in [-0.15, -0.1) is 5.73 Å². The molecule has 0 spiro atoms. The molecule has 0 fully saturated rings. The van der Waals surface area contributed by atoms with Crippen LogP contribution < -0.4 is 0 Å². The molecule has 0 bridgehead atoms. The van der Waals surface area contributed by atoms with Crippen molar-refractivity contribution in [3.05, 3.63) is 154 Å². The normalized spacial score (nSPS) is 17.5. The fraction of sp³-hybridized carbons (Fsp3) is 0.0645. The summed E-state index contributed by atoms with van der Waals surface area (Å²) in [4.78, 5) is 0. The molecule has 0 amide bonds. The van der Waals surface area contributed by atoms with E-state index in [-0.39, 0.29) is 11.3 Å². The molecule has 0 saturated carbocycles. The number of rotatable bonds is 3. The van der Waals surface area contributed by atoms with Gasteiger partial charge in [0.1, 0.15) is 0 Å². The molecule has 1 atom stereocenters. The minimum atomic E-state index is -0.331. The zero-order valence-corrected chi connectivity index (χ0v) is 18.3. The predicted molar refractivity (Wildman–Crippen MR) is 134 cm³/mol. The van der Waals surface area contributed by atoms with E-state index in [4.69, 9.17) is 11.6 Å². The summed E-state index contributed by atoms with van der Waals surface area (Å²) in [7, 11) is 0. The maximum atomic E-state index is 6.60. The van der Waals surface area contributed by atoms with E-state index < -0.39 is 0 Å². The zero-order chi connectivity index (χ0) is 21.5. The van der Waals surface area contributed by atoms with Crippen LogP contribution in [0.2, 0.25) is 5.02 Å². The van der Waals surface area contributed by atoms with E-state index in [1.807, 2.05) is 24.3 Å². The Morgan fingerprint density at radius 1 is 0.688 bits per heavy atom. The monoisotopic (exact) mass is 428 g/mol. The van der Waals surface area contributed by atoms with E-state index in [0.717, 1.165) is 16.1 Å². The van der Waals surface area contributed by atoms with Crippen LogP contribution in [0.3, 0.4) is 0 Å². The van der Waals surface area contributed by atoms with Gasteiger partial charge in [-0.3, -0.25) is 0 Å². The first-order valence-electron chi connectivity index (χ1n) is 10.9. The van der Waals surface area contributed by atoms with Gasteiger partial charge in [0.2, 0.25) is 0 Å². The second-order valence-corrected chi connectivity index (χ2v) is 8.79. The molecule has 0 aliphatic heterocycles. The summed E-state index contributed by atoms with van der Waals surface area (Å²) in [5, 5.41) is 0.772. The van der Waals surface area contributed by atoms with Gasteiger partial charge >= 0.3 is 0 Å². The van der Waals surface area contributed by atoms with Gasteiger partial charge in [-0.1, -0.05) is 109 Å². The molecule has 0 N–H and O–H groups in total. The summed E-state index contributed by atoms with van der Waals surface area (Å²) >= 11 is 6.60. The van der Waals surface area contributed by atoms with Crippen LogP contribution in [0.15, 0.2) is 127 Å². The number of allylic oxidation sites excluding steroid dienone is 3. The lowest BCUT2D eigenvalue weighted by molar-refractivity contribution is 0.561. The Morgan fingerprint density at radius 3 is 2.03 bits per heavy atom. The highest BCUT2D eigenvalue weighted by Gasteiger charge is 2.51. The fourth-order valence-electron chi connectivity index (χ4n) is 5.49. The van der Waals surface area contributed by atoms with Gasteiger partial charge in [0.25, 0.3) is 0 Å². The van der Waals surface area contributed by atoms with Crippen molar-refractivity contribution < 1.29 is 0 Å². The minimum Gasteiger partial charge on any atom is -0.124 e. The molecule has 0 saturated heterocycles. The van der Waals surface area contributed by atoms with E-state index in [2.05, 4.69) is 103 Å². The molecule has 0 radical (unpaired) electrons. The molecule has 1 heteroatoms. The third kappa shape index (κ3) is 2.71. The summed E-state index contributed by atoms with van der Waals surface area (Å²) in [6.45, 7) is 0. The van der Waals surface area contributed by atoms with Crippen molar-refractivity contribution in [2.24, 2.45) is 5.92 Å². The van der Waals surface area contributed by atoms with Crippen LogP contribution >= 0.6 is 11.6 Å². The van der Waals surface area contributed by atoms with Crippen molar-refractivity contribution >= 4 is 17.2 Å². The number of fused-ring (bicyclic) bond motifs is 3. The van der Waals surface area contributed by atoms with E-state index in [9.17, 15) is 0 Å². The van der Waals surface area contributed by atoms with Gasteiger partial charge in [-0.25, -0.2) is 0 Å². The van der Waals surface area contributed by atoms with Crippen LogP contribution in [0.4, 0.5) is 0 Å². The highest BCUT2D eigenvalue weighted by atomic mass is 35.5. The van der Waals surface area contributed by atoms with Crippen molar-refractivity contribution in [2.75, 3.05) is 0 Å². The second kappa shape index (κ2) is 7.53. The molecule has 6 rings (SSSR count). The number of hydrogen-bond acceptors (Lipinski definition) is 0. The van der Waals surface area contributed by atoms with Crippen molar-refractivity contribution in [1.29, 1.82) is 0 Å². The maximum Gasteiger partial charge on any atom is 0.0566 e. The first-order chi connectivity index (χ1) is 15.8. The Morgan fingerprint density at radius 2 is 1.34 bits per heavy atom. The Kier molecular flexibility index (Phi) is 4.51. The Labute approximate surface area is 193 Å². The molecular formula is C31H21Cl. The SMILES string of the molecule is Clc1ccccc1-c1ccc2c(c1)C(c1ccccc1)(c1ccccc1)C1C=C=CC=C21. The van der Waals surface area contributed by atoms with Crippen molar-refractivity contribution in [3.8, 4) is 11.1 Å². The van der Waals surface area contributed by atoms with Gasteiger partial charge in [-0.05, 0) is 57.7 Å². The van der Waals surface area contributed by atoms with Gasteiger partial charge in [-0.2, -0.15) is 0 Å². The van der Waals surface area contributed by atoms with Gasteiger partial charge in [0.15, 0.2) is 0 Å². The molecular weight excluding hydrogens is 408 g/mol. The summed E-state index contributed by atoms with van der Waals surface area (Å²) < 4.78 is 0. The molecule has 4 aromatic rings. The Hall–Kier alpha value is -3.57. The molecule has 2 aliphatic carbocycles. The van der Waals surface area contributed by atoms with Crippen LogP contribution in [0.1, 0.15) is 22.3 Å². The van der Waals surface area contributed by atoms with Crippen molar-refractivity contribution in [1.82, 2.24) is 0 Å². The molecule has 0 aromatic heterocycles. The molecule has 2 aliphatic rings. The first-order valence-corrected chi connectivity index (χ1v) is 11.3. The molecule has 152 valence electrons. The number of benzene rings is 4. The third-order valence-corrected chi connectivity index (χ3v) is 7.15. The third-order valence-electron chi connectivity index (χ3n) is 6.82. The minimum absolute atomic E-state index is 0.175. The number of hydrogen-bond donors (Lipinski definition) is 0. The van der Waals surface area contributed by atoms with Gasteiger partial charge < -0.3 is 0 Å². The molecule has 1 unspecified atom stereocenters. The van der Waals surface area contributed by atoms with Crippen LogP contribution in [0.25, 0.3) is 16.7 Å². The lowest BCUT2D eigenvalue weighted by Crippen LogP contribution is -2.33. The van der Waals surface area contributed by atoms with Crippen LogP contribution in [0.5, 0.6) is 0 Å². The lowest BCUT2D eigenvalue weighted by atomic mass is 9.64. The molecule has 4 aromatic carbocycles. The zero-order valence-electron chi connectivity index (χ0n) is 17.5. The molecule has 0 heterocycles. The highest BCUT2D eigenvalue weighted by Crippen LogP contribution is 2.59. The topological polar surface area (TPSA) is 0 Å². The van der Waals surface area contributed by atoms with Crippen LogP contribution in [-0.4, -0.2) is 0 Å². The van der Waals surface area contributed by atoms with Crippen molar-refractivity contribution in [3.63, 3.8) is 0 Å². The molecule has 0 nitrogen and oxygen atoms in total. The maximum absolute atomic E-state index is 6.60. The van der Waals surface area contributed by atoms with E-state index in [0.29, 0.717) is 0 Å². The Bertz CT molecular complexity index is 1360. The summed E-state index contributed by atoms with van der Waals surface area (Å²) in [6, 6.07) is 36.7. The average Bonchev–Trinajstić information content (AvgIpc) is 3.16. The van der Waals surface area contributed by atoms with Crippen LogP contribution in [0, 0.1) is 5.92 Å². The smallest absolute Gasteiger partial charge is 0.0566 e. The van der Waals surface area contributed by atoms with Crippen molar-refractivity contribution in [2.45, 2.75) is 5.41 Å². The quantitative estimate of drug-likeness (QED) is 0.289. The fourth-order valence-corrected chi connectivity index (χ4v) is 5.74. The van der Waals surface area contributed by atoms with Gasteiger partial charge in [0, 0.05) is 16.5 Å². The average molecular weight is 429 g/mol. The first kappa shape index (κ1) is 19.1.